The molecule has 0 saturated carbocycles. The van der Waals surface area contributed by atoms with Gasteiger partial charge >= 0.3 is 0 Å². The van der Waals surface area contributed by atoms with Crippen LogP contribution in [0.2, 0.25) is 0 Å². The molecule has 1 fully saturated rings. The average molecular weight is 290 g/mol. The highest BCUT2D eigenvalue weighted by molar-refractivity contribution is 4.94. The Kier molecular flexibility index (Phi) is 5.81. The second kappa shape index (κ2) is 7.61. The first-order valence-corrected chi connectivity index (χ1v) is 6.81. The van der Waals surface area contributed by atoms with Crippen LogP contribution in [-0.2, 0) is 11.2 Å². The van der Waals surface area contributed by atoms with E-state index in [1.54, 1.807) is 0 Å². The molecule has 1 aliphatic rings. The Labute approximate surface area is 116 Å². The number of rotatable bonds is 8. The molecule has 1 aliphatic heterocycles. The highest BCUT2D eigenvalue weighted by Crippen LogP contribution is 2.13. The molecule has 6 nitrogen and oxygen atoms in total. The van der Waals surface area contributed by atoms with Crippen LogP contribution in [-0.4, -0.2) is 54.3 Å². The molecule has 1 saturated heterocycles. The molecular formula is C12H20F2N4O2. The topological polar surface area (TPSA) is 77.4 Å². The van der Waals surface area contributed by atoms with Gasteiger partial charge in [0.25, 0.3) is 6.43 Å². The molecule has 114 valence electrons. The molecule has 1 aromatic heterocycles. The fourth-order valence-corrected chi connectivity index (χ4v) is 2.18. The van der Waals surface area contributed by atoms with Crippen LogP contribution in [0.15, 0.2) is 4.52 Å². The van der Waals surface area contributed by atoms with Crippen molar-refractivity contribution in [2.45, 2.75) is 31.7 Å². The van der Waals surface area contributed by atoms with E-state index in [1.807, 2.05) is 0 Å². The number of hydrogen-bond donors (Lipinski definition) is 1. The van der Waals surface area contributed by atoms with Crippen molar-refractivity contribution in [3.05, 3.63) is 11.7 Å². The van der Waals surface area contributed by atoms with Crippen molar-refractivity contribution in [1.29, 1.82) is 0 Å². The number of nitrogens with zero attached hydrogens (tertiary/aromatic N) is 3. The van der Waals surface area contributed by atoms with Crippen molar-refractivity contribution in [1.82, 2.24) is 15.0 Å². The van der Waals surface area contributed by atoms with Crippen molar-refractivity contribution >= 4 is 0 Å². The first-order valence-electron chi connectivity index (χ1n) is 6.81. The van der Waals surface area contributed by atoms with Crippen LogP contribution in [0.25, 0.3) is 0 Å². The largest absolute Gasteiger partial charge is 0.375 e. The Hall–Kier alpha value is -1.12. The fraction of sp³-hybridized carbons (Fsp3) is 0.833. The summed E-state index contributed by atoms with van der Waals surface area (Å²) >= 11 is 0. The van der Waals surface area contributed by atoms with Gasteiger partial charge in [0.15, 0.2) is 5.82 Å². The minimum atomic E-state index is -2.46. The minimum absolute atomic E-state index is 0.132. The van der Waals surface area contributed by atoms with Gasteiger partial charge in [-0.05, 0) is 25.9 Å². The number of nitrogens with two attached hydrogens (primary N) is 1. The van der Waals surface area contributed by atoms with Gasteiger partial charge < -0.3 is 19.9 Å². The monoisotopic (exact) mass is 290 g/mol. The van der Waals surface area contributed by atoms with Crippen LogP contribution in [0.5, 0.6) is 0 Å². The van der Waals surface area contributed by atoms with E-state index < -0.39 is 13.0 Å². The van der Waals surface area contributed by atoms with Crippen molar-refractivity contribution in [3.8, 4) is 0 Å². The van der Waals surface area contributed by atoms with Gasteiger partial charge in [0, 0.05) is 6.54 Å². The lowest BCUT2D eigenvalue weighted by Gasteiger charge is -2.17. The maximum atomic E-state index is 11.9. The van der Waals surface area contributed by atoms with Gasteiger partial charge in [-0.2, -0.15) is 4.98 Å². The molecule has 0 aliphatic carbocycles. The van der Waals surface area contributed by atoms with Crippen molar-refractivity contribution < 1.29 is 18.0 Å². The summed E-state index contributed by atoms with van der Waals surface area (Å²) in [4.78, 5) is 6.44. The molecule has 2 heterocycles. The molecule has 0 radical (unpaired) electrons. The summed E-state index contributed by atoms with van der Waals surface area (Å²) in [6, 6.07) is -0.285. The van der Waals surface area contributed by atoms with Gasteiger partial charge in [-0.15, -0.1) is 0 Å². The normalized spacial score (nSPS) is 18.0. The summed E-state index contributed by atoms with van der Waals surface area (Å²) in [6.45, 7) is 2.38. The van der Waals surface area contributed by atoms with Gasteiger partial charge in [-0.25, -0.2) is 8.78 Å². The van der Waals surface area contributed by atoms with Crippen LogP contribution in [0.3, 0.4) is 0 Å². The minimum Gasteiger partial charge on any atom is -0.375 e. The lowest BCUT2D eigenvalue weighted by atomic mass is 10.3. The summed E-state index contributed by atoms with van der Waals surface area (Å²) in [5, 5.41) is 3.83. The first-order chi connectivity index (χ1) is 9.65. The van der Waals surface area contributed by atoms with E-state index in [9.17, 15) is 8.78 Å². The van der Waals surface area contributed by atoms with E-state index in [4.69, 9.17) is 15.0 Å². The lowest BCUT2D eigenvalue weighted by Crippen LogP contribution is -2.30. The van der Waals surface area contributed by atoms with Crippen LogP contribution in [0, 0.1) is 0 Å². The molecule has 8 heteroatoms. The number of likely N-dealkylation sites (tertiary alicyclic amines) is 1. The quantitative estimate of drug-likeness (QED) is 0.719. The van der Waals surface area contributed by atoms with Crippen molar-refractivity contribution in [2.75, 3.05) is 32.8 Å². The molecule has 1 atom stereocenters. The van der Waals surface area contributed by atoms with Crippen LogP contribution in [0.1, 0.15) is 30.6 Å². The first kappa shape index (κ1) is 15.3. The van der Waals surface area contributed by atoms with Gasteiger partial charge in [0.1, 0.15) is 6.61 Å². The molecule has 0 amide bonds. The van der Waals surface area contributed by atoms with Crippen molar-refractivity contribution in [2.24, 2.45) is 5.73 Å². The zero-order valence-corrected chi connectivity index (χ0v) is 11.3. The molecule has 1 aromatic rings. The third-order valence-corrected chi connectivity index (χ3v) is 3.17. The summed E-state index contributed by atoms with van der Waals surface area (Å²) in [5.41, 5.74) is 6.03. The third kappa shape index (κ3) is 4.77. The molecule has 0 spiro atoms. The molecule has 0 aromatic carbocycles. The van der Waals surface area contributed by atoms with Gasteiger partial charge in [0.05, 0.1) is 19.1 Å². The van der Waals surface area contributed by atoms with Gasteiger partial charge in [0.2, 0.25) is 5.89 Å². The number of ether oxygens (including phenoxy) is 1. The average Bonchev–Trinajstić information content (AvgIpc) is 3.05. The molecule has 0 bridgehead atoms. The van der Waals surface area contributed by atoms with E-state index in [0.717, 1.165) is 13.1 Å². The molecule has 20 heavy (non-hydrogen) atoms. The molecular weight excluding hydrogens is 270 g/mol. The summed E-state index contributed by atoms with van der Waals surface area (Å²) in [5.74, 6) is 0.826. The lowest BCUT2D eigenvalue weighted by molar-refractivity contribution is 0.0171. The maximum absolute atomic E-state index is 11.9. The molecule has 2 rings (SSSR count). The van der Waals surface area contributed by atoms with E-state index in [-0.39, 0.29) is 12.6 Å². The Bertz CT molecular complexity index is 397. The number of alkyl halides is 2. The highest BCUT2D eigenvalue weighted by atomic mass is 19.3. The predicted molar refractivity (Wildman–Crippen MR) is 67.4 cm³/mol. The molecule has 1 unspecified atom stereocenters. The highest BCUT2D eigenvalue weighted by Gasteiger charge is 2.20. The van der Waals surface area contributed by atoms with Gasteiger partial charge in [-0.3, -0.25) is 0 Å². The number of halogens is 2. The maximum Gasteiger partial charge on any atom is 0.261 e. The Morgan fingerprint density at radius 1 is 1.35 bits per heavy atom. The second-order valence-corrected chi connectivity index (χ2v) is 4.88. The van der Waals surface area contributed by atoms with Crippen LogP contribution in [0.4, 0.5) is 8.78 Å². The Morgan fingerprint density at radius 2 is 2.10 bits per heavy atom. The zero-order chi connectivity index (χ0) is 14.4. The van der Waals surface area contributed by atoms with E-state index in [0.29, 0.717) is 24.7 Å². The number of hydrogen-bond acceptors (Lipinski definition) is 6. The van der Waals surface area contributed by atoms with Crippen molar-refractivity contribution in [3.63, 3.8) is 0 Å². The third-order valence-electron chi connectivity index (χ3n) is 3.17. The van der Waals surface area contributed by atoms with Gasteiger partial charge in [-0.1, -0.05) is 5.16 Å². The van der Waals surface area contributed by atoms with Crippen LogP contribution < -0.4 is 5.73 Å². The standard InChI is InChI=1S/C12H20F2N4O2/c13-10(14)8-19-6-3-11-16-12(17-20-11)9(15)7-18-4-1-2-5-18/h9-10H,1-8,15H2. The zero-order valence-electron chi connectivity index (χ0n) is 11.3. The van der Waals surface area contributed by atoms with Crippen LogP contribution >= 0.6 is 0 Å². The molecule has 2 N–H and O–H groups in total. The summed E-state index contributed by atoms with van der Waals surface area (Å²) < 4.78 is 33.5. The van der Waals surface area contributed by atoms with E-state index in [1.165, 1.54) is 12.8 Å². The Balaban J connectivity index is 1.73. The SMILES string of the molecule is NC(CN1CCCC1)c1noc(CCOCC(F)F)n1. The smallest absolute Gasteiger partial charge is 0.261 e. The number of aromatic nitrogens is 2. The predicted octanol–water partition coefficient (Wildman–Crippen LogP) is 0.989. The summed E-state index contributed by atoms with van der Waals surface area (Å²) in [7, 11) is 0. The second-order valence-electron chi connectivity index (χ2n) is 4.88. The van der Waals surface area contributed by atoms with E-state index in [2.05, 4.69) is 15.0 Å². The summed E-state index contributed by atoms with van der Waals surface area (Å²) in [6.07, 6.45) is 0.259. The Morgan fingerprint density at radius 3 is 2.80 bits per heavy atom. The fourth-order valence-electron chi connectivity index (χ4n) is 2.18. The van der Waals surface area contributed by atoms with E-state index >= 15 is 0 Å².